The van der Waals surface area contributed by atoms with Gasteiger partial charge in [0.15, 0.2) is 0 Å². The van der Waals surface area contributed by atoms with Crippen LogP contribution in [0.1, 0.15) is 24.0 Å². The molecule has 2 aromatic rings. The monoisotopic (exact) mass is 310 g/mol. The van der Waals surface area contributed by atoms with Crippen molar-refractivity contribution in [1.29, 1.82) is 0 Å². The van der Waals surface area contributed by atoms with E-state index in [0.29, 0.717) is 0 Å². The van der Waals surface area contributed by atoms with Gasteiger partial charge in [0.05, 0.1) is 0 Å². The first-order valence-electron chi connectivity index (χ1n) is 6.94. The zero-order valence-electron chi connectivity index (χ0n) is 10.7. The molecule has 94 valence electrons. The lowest BCUT2D eigenvalue weighted by Crippen LogP contribution is -2.19. The van der Waals surface area contributed by atoms with E-state index < -0.39 is 0 Å². The van der Waals surface area contributed by atoms with Gasteiger partial charge < -0.3 is 0 Å². The van der Waals surface area contributed by atoms with E-state index in [4.69, 9.17) is 0 Å². The van der Waals surface area contributed by atoms with Gasteiger partial charge in [-0.25, -0.2) is 0 Å². The van der Waals surface area contributed by atoms with E-state index >= 15 is 0 Å². The molecular formula is C18H15Br. The Bertz CT molecular complexity index is 875. The summed E-state index contributed by atoms with van der Waals surface area (Å²) in [4.78, 5) is 0. The molecule has 2 aliphatic rings. The van der Waals surface area contributed by atoms with Crippen LogP contribution >= 0.6 is 15.9 Å². The van der Waals surface area contributed by atoms with Crippen molar-refractivity contribution in [3.05, 3.63) is 66.8 Å². The average molecular weight is 311 g/mol. The van der Waals surface area contributed by atoms with E-state index in [1.54, 1.807) is 11.1 Å². The minimum Gasteiger partial charge on any atom is -0.0770 e. The molecule has 0 atom stereocenters. The van der Waals surface area contributed by atoms with E-state index in [1.807, 2.05) is 0 Å². The van der Waals surface area contributed by atoms with Crippen molar-refractivity contribution in [1.82, 2.24) is 0 Å². The summed E-state index contributed by atoms with van der Waals surface area (Å²) in [7, 11) is 0. The maximum atomic E-state index is 3.57. The van der Waals surface area contributed by atoms with Crippen LogP contribution in [0, 0.1) is 10.4 Å². The summed E-state index contributed by atoms with van der Waals surface area (Å²) in [5, 5.41) is 5.66. The number of rotatable bonds is 0. The molecule has 0 spiro atoms. The van der Waals surface area contributed by atoms with E-state index in [1.165, 1.54) is 40.1 Å². The van der Waals surface area contributed by atoms with Gasteiger partial charge in [-0.05, 0) is 69.8 Å². The molecule has 0 saturated heterocycles. The van der Waals surface area contributed by atoms with Crippen LogP contribution in [-0.2, 0) is 12.8 Å². The highest BCUT2D eigenvalue weighted by atomic mass is 79.9. The summed E-state index contributed by atoms with van der Waals surface area (Å²) >= 11 is 3.57. The Balaban J connectivity index is 2.21. The van der Waals surface area contributed by atoms with Gasteiger partial charge in [-0.2, -0.15) is 0 Å². The highest BCUT2D eigenvalue weighted by Crippen LogP contribution is 2.18. The predicted octanol–water partition coefficient (Wildman–Crippen LogP) is 3.19. The highest BCUT2D eigenvalue weighted by molar-refractivity contribution is 9.10. The van der Waals surface area contributed by atoms with Crippen molar-refractivity contribution < 1.29 is 0 Å². The average Bonchev–Trinajstić information content (AvgIpc) is 2.46. The molecule has 0 amide bonds. The SMILES string of the molecule is Brc1ccc2c(c1)=CCc1c3c(ccc1=2)=CCCC3. The second kappa shape index (κ2) is 4.35. The third kappa shape index (κ3) is 1.80. The Kier molecular flexibility index (Phi) is 2.63. The molecule has 0 aliphatic heterocycles. The first-order valence-corrected chi connectivity index (χ1v) is 7.73. The Hall–Kier alpha value is -1.34. The lowest BCUT2D eigenvalue weighted by Gasteiger charge is -2.16. The Morgan fingerprint density at radius 1 is 0.842 bits per heavy atom. The molecule has 0 radical (unpaired) electrons. The fourth-order valence-electron chi connectivity index (χ4n) is 3.38. The summed E-state index contributed by atoms with van der Waals surface area (Å²) in [6.45, 7) is 0. The fraction of sp³-hybridized carbons (Fsp3) is 0.222. The van der Waals surface area contributed by atoms with Crippen LogP contribution < -0.4 is 10.4 Å². The standard InChI is InChI=1S/C18H15Br/c19-14-7-10-16-13(11-14)6-9-17-15-4-2-1-3-12(15)5-8-18(16)17/h3,5-8,10-11H,1-2,4,9H2. The second-order valence-corrected chi connectivity index (χ2v) is 6.31. The molecule has 0 unspecified atom stereocenters. The molecule has 0 fully saturated rings. The van der Waals surface area contributed by atoms with E-state index in [2.05, 4.69) is 58.4 Å². The van der Waals surface area contributed by atoms with Gasteiger partial charge in [0.2, 0.25) is 0 Å². The normalized spacial score (nSPS) is 15.6. The molecule has 0 aromatic heterocycles. The molecule has 2 aliphatic carbocycles. The van der Waals surface area contributed by atoms with Gasteiger partial charge >= 0.3 is 0 Å². The van der Waals surface area contributed by atoms with Crippen molar-refractivity contribution in [2.75, 3.05) is 0 Å². The summed E-state index contributed by atoms with van der Waals surface area (Å²) < 4.78 is 1.16. The summed E-state index contributed by atoms with van der Waals surface area (Å²) in [6.07, 6.45) is 9.63. The summed E-state index contributed by atoms with van der Waals surface area (Å²) in [5.74, 6) is 0. The first-order chi connectivity index (χ1) is 9.33. The van der Waals surface area contributed by atoms with Crippen LogP contribution in [0.4, 0.5) is 0 Å². The lowest BCUT2D eigenvalue weighted by molar-refractivity contribution is 0.824. The lowest BCUT2D eigenvalue weighted by atomic mass is 9.89. The molecule has 4 rings (SSSR count). The van der Waals surface area contributed by atoms with E-state index in [9.17, 15) is 0 Å². The van der Waals surface area contributed by atoms with Crippen molar-refractivity contribution in [3.8, 4) is 0 Å². The highest BCUT2D eigenvalue weighted by Gasteiger charge is 2.11. The molecule has 1 heteroatoms. The minimum absolute atomic E-state index is 1.08. The zero-order valence-corrected chi connectivity index (χ0v) is 12.3. The quantitative estimate of drug-likeness (QED) is 0.701. The topological polar surface area (TPSA) is 0 Å². The Labute approximate surface area is 120 Å². The smallest absolute Gasteiger partial charge is 0.0181 e. The predicted molar refractivity (Wildman–Crippen MR) is 83.1 cm³/mol. The fourth-order valence-corrected chi connectivity index (χ4v) is 3.76. The van der Waals surface area contributed by atoms with E-state index in [0.717, 1.165) is 10.9 Å². The summed E-state index contributed by atoms with van der Waals surface area (Å²) in [6, 6.07) is 11.2. The van der Waals surface area contributed by atoms with Crippen molar-refractivity contribution in [2.45, 2.75) is 25.7 Å². The largest absolute Gasteiger partial charge is 0.0770 e. The molecule has 2 aromatic carbocycles. The number of halogens is 1. The van der Waals surface area contributed by atoms with Crippen LogP contribution in [0.25, 0.3) is 12.2 Å². The van der Waals surface area contributed by atoms with Gasteiger partial charge in [-0.3, -0.25) is 0 Å². The maximum absolute atomic E-state index is 3.57. The van der Waals surface area contributed by atoms with Gasteiger partial charge in [0.1, 0.15) is 0 Å². The van der Waals surface area contributed by atoms with Crippen LogP contribution in [0.3, 0.4) is 0 Å². The van der Waals surface area contributed by atoms with E-state index in [-0.39, 0.29) is 0 Å². The molecule has 0 bridgehead atoms. The molecular weight excluding hydrogens is 296 g/mol. The van der Waals surface area contributed by atoms with Gasteiger partial charge in [0, 0.05) is 4.47 Å². The molecule has 0 saturated carbocycles. The molecule has 0 N–H and O–H groups in total. The van der Waals surface area contributed by atoms with Crippen molar-refractivity contribution in [2.24, 2.45) is 0 Å². The third-order valence-electron chi connectivity index (χ3n) is 4.29. The number of hydrogen-bond donors (Lipinski definition) is 0. The Morgan fingerprint density at radius 3 is 2.68 bits per heavy atom. The van der Waals surface area contributed by atoms with Gasteiger partial charge in [-0.1, -0.05) is 46.3 Å². The molecule has 0 heterocycles. The number of fused-ring (bicyclic) bond motifs is 4. The maximum Gasteiger partial charge on any atom is 0.0181 e. The van der Waals surface area contributed by atoms with Crippen LogP contribution in [0.5, 0.6) is 0 Å². The molecule has 0 nitrogen and oxygen atoms in total. The first kappa shape index (κ1) is 11.5. The van der Waals surface area contributed by atoms with Gasteiger partial charge in [-0.15, -0.1) is 0 Å². The minimum atomic E-state index is 1.08. The number of benzene rings is 2. The summed E-state index contributed by atoms with van der Waals surface area (Å²) in [5.41, 5.74) is 3.15. The van der Waals surface area contributed by atoms with Crippen molar-refractivity contribution in [3.63, 3.8) is 0 Å². The van der Waals surface area contributed by atoms with Crippen LogP contribution in [0.2, 0.25) is 0 Å². The Morgan fingerprint density at radius 2 is 1.74 bits per heavy atom. The second-order valence-electron chi connectivity index (χ2n) is 5.40. The number of hydrogen-bond acceptors (Lipinski definition) is 0. The van der Waals surface area contributed by atoms with Crippen molar-refractivity contribution >= 4 is 28.1 Å². The third-order valence-corrected chi connectivity index (χ3v) is 4.79. The van der Waals surface area contributed by atoms with Gasteiger partial charge in [0.25, 0.3) is 0 Å². The zero-order chi connectivity index (χ0) is 12.8. The van der Waals surface area contributed by atoms with Crippen LogP contribution in [-0.4, -0.2) is 0 Å². The van der Waals surface area contributed by atoms with Crippen LogP contribution in [0.15, 0.2) is 34.8 Å². The molecule has 19 heavy (non-hydrogen) atoms.